The molecule has 0 saturated carbocycles. The fourth-order valence-corrected chi connectivity index (χ4v) is 11.9. The van der Waals surface area contributed by atoms with Crippen molar-refractivity contribution >= 4 is 34.1 Å². The zero-order chi connectivity index (χ0) is 44.0. The standard InChI is InChI=1S/C64H46N2/c1-63(2)56-30-15-16-32-58(56)66(46-21-7-4-8-22-46)60-34-17-26-49(62(60)63)45-37-41-48(42-38-45)65(47-39-35-44(36-40-47)43-19-5-3-6-20-43)59-33-18-31-57-61(59)52-25-11-14-29-55(52)64(57)53-27-12-9-23-50(53)51-24-10-13-28-54(51)64/h3-42H,1-2H3. The van der Waals surface area contributed by atoms with Crippen LogP contribution in [0.15, 0.2) is 243 Å². The Kier molecular flexibility index (Phi) is 8.51. The van der Waals surface area contributed by atoms with Crippen LogP contribution in [0.5, 0.6) is 0 Å². The summed E-state index contributed by atoms with van der Waals surface area (Å²) in [5.74, 6) is 0. The molecule has 0 N–H and O–H groups in total. The summed E-state index contributed by atoms with van der Waals surface area (Å²) in [6.45, 7) is 4.76. The summed E-state index contributed by atoms with van der Waals surface area (Å²) in [6.07, 6.45) is 0. The minimum Gasteiger partial charge on any atom is -0.310 e. The Bertz CT molecular complexity index is 3450. The number of fused-ring (bicyclic) bond motifs is 12. The van der Waals surface area contributed by atoms with Crippen LogP contribution in [0.2, 0.25) is 0 Å². The van der Waals surface area contributed by atoms with Crippen molar-refractivity contribution in [3.63, 3.8) is 0 Å². The highest BCUT2D eigenvalue weighted by Crippen LogP contribution is 2.65. The van der Waals surface area contributed by atoms with E-state index in [1.807, 2.05) is 0 Å². The van der Waals surface area contributed by atoms with Gasteiger partial charge in [0.1, 0.15) is 0 Å². The maximum absolute atomic E-state index is 2.48. The lowest BCUT2D eigenvalue weighted by Gasteiger charge is -2.43. The topological polar surface area (TPSA) is 6.48 Å². The SMILES string of the molecule is CC1(C)c2ccccc2N(c2ccccc2)c2cccc(-c3ccc(N(c4ccc(-c5ccccc5)cc4)c4cccc5c4-c4ccccc4C54c5ccccc5-c5ccccc54)cc3)c21. The van der Waals surface area contributed by atoms with Gasteiger partial charge in [0.15, 0.2) is 0 Å². The molecule has 0 saturated heterocycles. The molecule has 0 fully saturated rings. The second-order valence-corrected chi connectivity index (χ2v) is 18.4. The van der Waals surface area contributed by atoms with Gasteiger partial charge >= 0.3 is 0 Å². The number of nitrogens with zero attached hydrogens (tertiary/aromatic N) is 2. The van der Waals surface area contributed by atoms with Crippen LogP contribution in [-0.2, 0) is 10.8 Å². The maximum Gasteiger partial charge on any atom is 0.0726 e. The van der Waals surface area contributed by atoms with E-state index in [0.29, 0.717) is 0 Å². The molecule has 0 atom stereocenters. The molecule has 0 bridgehead atoms. The van der Waals surface area contributed by atoms with Crippen LogP contribution >= 0.6 is 0 Å². The Hall–Kier alpha value is -8.20. The van der Waals surface area contributed by atoms with Gasteiger partial charge < -0.3 is 9.80 Å². The van der Waals surface area contributed by atoms with Crippen LogP contribution in [0, 0.1) is 0 Å². The van der Waals surface area contributed by atoms with Crippen molar-refractivity contribution in [3.8, 4) is 44.5 Å². The molecule has 2 heteroatoms. The predicted octanol–water partition coefficient (Wildman–Crippen LogP) is 16.9. The van der Waals surface area contributed by atoms with Crippen LogP contribution in [-0.4, -0.2) is 0 Å². The summed E-state index contributed by atoms with van der Waals surface area (Å²) >= 11 is 0. The second-order valence-electron chi connectivity index (χ2n) is 18.4. The third-order valence-electron chi connectivity index (χ3n) is 14.7. The van der Waals surface area contributed by atoms with E-state index in [2.05, 4.69) is 266 Å². The maximum atomic E-state index is 2.48. The average Bonchev–Trinajstić information content (AvgIpc) is 3.85. The monoisotopic (exact) mass is 842 g/mol. The minimum atomic E-state index is -0.437. The summed E-state index contributed by atoms with van der Waals surface area (Å²) in [7, 11) is 0. The van der Waals surface area contributed by atoms with Crippen LogP contribution in [0.1, 0.15) is 47.2 Å². The molecular formula is C64H46N2. The molecule has 66 heavy (non-hydrogen) atoms. The number of hydrogen-bond donors (Lipinski definition) is 0. The highest BCUT2D eigenvalue weighted by molar-refractivity contribution is 6.01. The molecule has 13 rings (SSSR count). The van der Waals surface area contributed by atoms with E-state index in [0.717, 1.165) is 22.7 Å². The van der Waals surface area contributed by atoms with E-state index in [1.54, 1.807) is 0 Å². The normalized spacial score (nSPS) is 14.1. The van der Waals surface area contributed by atoms with Crippen molar-refractivity contribution in [1.29, 1.82) is 0 Å². The van der Waals surface area contributed by atoms with E-state index >= 15 is 0 Å². The summed E-state index contributed by atoms with van der Waals surface area (Å²) in [5, 5.41) is 0. The summed E-state index contributed by atoms with van der Waals surface area (Å²) in [4.78, 5) is 4.92. The molecule has 10 aromatic carbocycles. The molecule has 3 aliphatic rings. The molecule has 0 amide bonds. The summed E-state index contributed by atoms with van der Waals surface area (Å²) < 4.78 is 0. The second kappa shape index (κ2) is 14.7. The van der Waals surface area contributed by atoms with E-state index in [-0.39, 0.29) is 5.41 Å². The van der Waals surface area contributed by atoms with Crippen molar-refractivity contribution in [2.75, 3.05) is 9.80 Å². The van der Waals surface area contributed by atoms with E-state index in [4.69, 9.17) is 0 Å². The number of rotatable bonds is 6. The van der Waals surface area contributed by atoms with Crippen molar-refractivity contribution in [2.45, 2.75) is 24.7 Å². The molecule has 2 aliphatic carbocycles. The van der Waals surface area contributed by atoms with Crippen molar-refractivity contribution < 1.29 is 0 Å². The minimum absolute atomic E-state index is 0.246. The van der Waals surface area contributed by atoms with E-state index < -0.39 is 5.41 Å². The van der Waals surface area contributed by atoms with Gasteiger partial charge in [-0.05, 0) is 127 Å². The Morgan fingerprint density at radius 2 is 0.788 bits per heavy atom. The van der Waals surface area contributed by atoms with Gasteiger partial charge in [-0.15, -0.1) is 0 Å². The van der Waals surface area contributed by atoms with Crippen molar-refractivity contribution in [1.82, 2.24) is 0 Å². The number of hydrogen-bond acceptors (Lipinski definition) is 2. The quantitative estimate of drug-likeness (QED) is 0.165. The highest BCUT2D eigenvalue weighted by atomic mass is 15.2. The van der Waals surface area contributed by atoms with Gasteiger partial charge in [0.25, 0.3) is 0 Å². The molecular weight excluding hydrogens is 797 g/mol. The lowest BCUT2D eigenvalue weighted by molar-refractivity contribution is 0.633. The number of para-hydroxylation sites is 2. The summed E-state index contributed by atoms with van der Waals surface area (Å²) in [5.41, 5.74) is 24.3. The fourth-order valence-electron chi connectivity index (χ4n) is 11.9. The molecule has 0 radical (unpaired) electrons. The largest absolute Gasteiger partial charge is 0.310 e. The molecule has 10 aromatic rings. The number of anilines is 6. The lowest BCUT2D eigenvalue weighted by Crippen LogP contribution is -2.31. The van der Waals surface area contributed by atoms with Crippen LogP contribution in [0.25, 0.3) is 44.5 Å². The van der Waals surface area contributed by atoms with Gasteiger partial charge in [0.2, 0.25) is 0 Å². The Morgan fingerprint density at radius 1 is 0.333 bits per heavy atom. The van der Waals surface area contributed by atoms with E-state index in [9.17, 15) is 0 Å². The number of benzene rings is 10. The third-order valence-corrected chi connectivity index (χ3v) is 14.7. The smallest absolute Gasteiger partial charge is 0.0726 e. The zero-order valence-corrected chi connectivity index (χ0v) is 37.0. The van der Waals surface area contributed by atoms with Crippen molar-refractivity contribution in [3.05, 3.63) is 276 Å². The Morgan fingerprint density at radius 3 is 1.44 bits per heavy atom. The Labute approximate surface area is 387 Å². The highest BCUT2D eigenvalue weighted by Gasteiger charge is 2.52. The lowest BCUT2D eigenvalue weighted by atomic mass is 9.70. The third kappa shape index (κ3) is 5.42. The van der Waals surface area contributed by atoms with Crippen LogP contribution < -0.4 is 9.80 Å². The van der Waals surface area contributed by atoms with Gasteiger partial charge in [-0.25, -0.2) is 0 Å². The van der Waals surface area contributed by atoms with Gasteiger partial charge in [-0.1, -0.05) is 202 Å². The van der Waals surface area contributed by atoms with Gasteiger partial charge in [-0.2, -0.15) is 0 Å². The zero-order valence-electron chi connectivity index (χ0n) is 37.0. The first-order valence-electron chi connectivity index (χ1n) is 23.1. The molecule has 1 heterocycles. The molecule has 0 aromatic heterocycles. The van der Waals surface area contributed by atoms with Gasteiger partial charge in [0.05, 0.1) is 22.5 Å². The first-order chi connectivity index (χ1) is 32.5. The first-order valence-corrected chi connectivity index (χ1v) is 23.1. The first kappa shape index (κ1) is 38.3. The van der Waals surface area contributed by atoms with Gasteiger partial charge in [0, 0.05) is 28.0 Å². The summed E-state index contributed by atoms with van der Waals surface area (Å²) in [6, 6.07) is 89.8. The molecule has 2 nitrogen and oxygen atoms in total. The van der Waals surface area contributed by atoms with Crippen molar-refractivity contribution in [2.24, 2.45) is 0 Å². The fraction of sp³-hybridized carbons (Fsp3) is 0.0625. The molecule has 0 unspecified atom stereocenters. The van der Waals surface area contributed by atoms with E-state index in [1.165, 1.54) is 89.3 Å². The molecule has 1 spiro atoms. The Balaban J connectivity index is 1.00. The average molecular weight is 843 g/mol. The van der Waals surface area contributed by atoms with Gasteiger partial charge in [-0.3, -0.25) is 0 Å². The van der Waals surface area contributed by atoms with Crippen LogP contribution in [0.4, 0.5) is 34.1 Å². The molecule has 312 valence electrons. The molecule has 1 aliphatic heterocycles. The van der Waals surface area contributed by atoms with Crippen LogP contribution in [0.3, 0.4) is 0 Å². The predicted molar refractivity (Wildman–Crippen MR) is 275 cm³/mol.